The Morgan fingerprint density at radius 1 is 0.821 bits per heavy atom. The van der Waals surface area contributed by atoms with E-state index in [9.17, 15) is 4.79 Å². The van der Waals surface area contributed by atoms with Gasteiger partial charge < -0.3 is 9.14 Å². The van der Waals surface area contributed by atoms with E-state index < -0.39 is 0 Å². The number of aromatic nitrogens is 1. The molecule has 0 aliphatic carbocycles. The number of rotatable bonds is 3. The van der Waals surface area contributed by atoms with Crippen LogP contribution < -0.4 is 10.2 Å². The molecule has 3 nitrogen and oxygen atoms in total. The highest BCUT2D eigenvalue weighted by atomic mass is 35.5. The van der Waals surface area contributed by atoms with Gasteiger partial charge in [0.25, 0.3) is 0 Å². The third-order valence-electron chi connectivity index (χ3n) is 4.55. The van der Waals surface area contributed by atoms with Crippen LogP contribution in [0.25, 0.3) is 27.9 Å². The van der Waals surface area contributed by atoms with Crippen LogP contribution in [-0.2, 0) is 0 Å². The predicted octanol–water partition coefficient (Wildman–Crippen LogP) is 6.60. The number of methoxy groups -OCH3 is 1. The van der Waals surface area contributed by atoms with Crippen LogP contribution in [0.15, 0.2) is 71.7 Å². The number of halogens is 3. The number of hydrogen-bond donors (Lipinski definition) is 0. The van der Waals surface area contributed by atoms with Crippen LogP contribution in [0.4, 0.5) is 0 Å². The third-order valence-corrected chi connectivity index (χ3v) is 5.51. The van der Waals surface area contributed by atoms with Gasteiger partial charge in [0.15, 0.2) is 5.43 Å². The van der Waals surface area contributed by atoms with Crippen LogP contribution in [-0.4, -0.2) is 11.5 Å². The molecule has 0 fully saturated rings. The second kappa shape index (κ2) is 7.51. The summed E-state index contributed by atoms with van der Waals surface area (Å²) < 4.78 is 7.38. The van der Waals surface area contributed by atoms with Crippen LogP contribution >= 0.6 is 34.8 Å². The molecule has 0 bridgehead atoms. The largest absolute Gasteiger partial charge is 0.497 e. The van der Waals surface area contributed by atoms with Crippen molar-refractivity contribution in [3.63, 3.8) is 0 Å². The smallest absolute Gasteiger partial charge is 0.190 e. The van der Waals surface area contributed by atoms with E-state index in [4.69, 9.17) is 39.5 Å². The van der Waals surface area contributed by atoms with Crippen molar-refractivity contribution in [2.75, 3.05) is 7.11 Å². The van der Waals surface area contributed by atoms with Crippen molar-refractivity contribution in [2.24, 2.45) is 0 Å². The van der Waals surface area contributed by atoms with Gasteiger partial charge >= 0.3 is 0 Å². The highest BCUT2D eigenvalue weighted by molar-refractivity contribution is 6.39. The number of benzene rings is 2. The van der Waals surface area contributed by atoms with E-state index in [1.54, 1.807) is 37.6 Å². The molecule has 28 heavy (non-hydrogen) atoms. The zero-order valence-electron chi connectivity index (χ0n) is 14.7. The molecule has 4 aromatic rings. The zero-order valence-corrected chi connectivity index (χ0v) is 17.0. The molecule has 0 atom stereocenters. The summed E-state index contributed by atoms with van der Waals surface area (Å²) in [4.78, 5) is 12.9. The predicted molar refractivity (Wildman–Crippen MR) is 116 cm³/mol. The van der Waals surface area contributed by atoms with Crippen LogP contribution in [0, 0.1) is 0 Å². The lowest BCUT2D eigenvalue weighted by molar-refractivity contribution is 0.415. The van der Waals surface area contributed by atoms with Crippen molar-refractivity contribution < 1.29 is 4.74 Å². The first-order valence-corrected chi connectivity index (χ1v) is 9.57. The number of nitrogens with zero attached hydrogens (tertiary/aromatic N) is 1. The van der Waals surface area contributed by atoms with E-state index in [0.717, 1.165) is 11.3 Å². The minimum atomic E-state index is -0.187. The molecule has 0 aliphatic heterocycles. The summed E-state index contributed by atoms with van der Waals surface area (Å²) in [7, 11) is 1.57. The number of pyridine rings is 2. The molecular weight excluding hydrogens is 417 g/mol. The van der Waals surface area contributed by atoms with Crippen molar-refractivity contribution in [1.82, 2.24) is 4.40 Å². The van der Waals surface area contributed by atoms with Gasteiger partial charge in [0.1, 0.15) is 5.75 Å². The van der Waals surface area contributed by atoms with Gasteiger partial charge in [0, 0.05) is 40.5 Å². The minimum Gasteiger partial charge on any atom is -0.497 e. The molecule has 2 heterocycles. The van der Waals surface area contributed by atoms with Crippen LogP contribution in [0.2, 0.25) is 15.1 Å². The monoisotopic (exact) mass is 429 g/mol. The first-order chi connectivity index (χ1) is 13.5. The van der Waals surface area contributed by atoms with E-state index in [2.05, 4.69) is 0 Å². The van der Waals surface area contributed by atoms with Gasteiger partial charge in [-0.1, -0.05) is 59.1 Å². The Labute approximate surface area is 176 Å². The maximum absolute atomic E-state index is 12.9. The van der Waals surface area contributed by atoms with Crippen molar-refractivity contribution in [3.05, 3.63) is 92.2 Å². The minimum absolute atomic E-state index is 0.187. The lowest BCUT2D eigenvalue weighted by Gasteiger charge is -2.16. The quantitative estimate of drug-likeness (QED) is 0.366. The maximum Gasteiger partial charge on any atom is 0.190 e. The van der Waals surface area contributed by atoms with Gasteiger partial charge in [-0.3, -0.25) is 4.79 Å². The Kier molecular flexibility index (Phi) is 5.07. The van der Waals surface area contributed by atoms with Gasteiger partial charge in [-0.15, -0.1) is 0 Å². The second-order valence-electron chi connectivity index (χ2n) is 6.17. The second-order valence-corrected chi connectivity index (χ2v) is 7.39. The van der Waals surface area contributed by atoms with E-state index in [1.165, 1.54) is 6.07 Å². The normalized spacial score (nSPS) is 11.0. The molecule has 0 N–H and O–H groups in total. The molecule has 0 amide bonds. The highest BCUT2D eigenvalue weighted by Gasteiger charge is 2.18. The topological polar surface area (TPSA) is 30.7 Å². The average Bonchev–Trinajstić information content (AvgIpc) is 2.69. The maximum atomic E-state index is 12.9. The molecule has 0 unspecified atom stereocenters. The summed E-state index contributed by atoms with van der Waals surface area (Å²) in [5, 5.41) is 1.40. The van der Waals surface area contributed by atoms with Gasteiger partial charge in [-0.05, 0) is 18.2 Å². The highest BCUT2D eigenvalue weighted by Crippen LogP contribution is 2.38. The summed E-state index contributed by atoms with van der Waals surface area (Å²) in [6.45, 7) is 0. The van der Waals surface area contributed by atoms with E-state index in [1.807, 2.05) is 34.7 Å². The van der Waals surface area contributed by atoms with Crippen LogP contribution in [0.1, 0.15) is 0 Å². The first kappa shape index (κ1) is 18.9. The first-order valence-electron chi connectivity index (χ1n) is 8.44. The molecule has 2 aromatic carbocycles. The summed E-state index contributed by atoms with van der Waals surface area (Å²) in [5.41, 5.74) is 2.93. The lowest BCUT2D eigenvalue weighted by atomic mass is 10.0. The summed E-state index contributed by atoms with van der Waals surface area (Å²) in [6, 6.07) is 17.8. The summed E-state index contributed by atoms with van der Waals surface area (Å²) in [6.07, 6.45) is 1.71. The number of ether oxygens (including phenoxy) is 1. The van der Waals surface area contributed by atoms with E-state index in [0.29, 0.717) is 37.5 Å². The molecule has 140 valence electrons. The number of hydrogen-bond acceptors (Lipinski definition) is 2. The molecule has 6 heteroatoms. The Morgan fingerprint density at radius 3 is 2.18 bits per heavy atom. The Balaban J connectivity index is 2.17. The van der Waals surface area contributed by atoms with Gasteiger partial charge in [-0.25, -0.2) is 0 Å². The van der Waals surface area contributed by atoms with Gasteiger partial charge in [0.2, 0.25) is 0 Å². The standard InChI is InChI=1S/C22H14Cl3NO2/c1-28-13-11-18(14-5-2-3-6-15(14)23)26-10-9-20(27)22(19(26)12-13)21-16(24)7-4-8-17(21)25/h2-12H,1H3. The summed E-state index contributed by atoms with van der Waals surface area (Å²) in [5.74, 6) is 0.588. The SMILES string of the molecule is COc1cc(-c2ccccc2Cl)n2ccc(=O)c(-c3c(Cl)cccc3Cl)c2c1. The van der Waals surface area contributed by atoms with Gasteiger partial charge in [0.05, 0.1) is 33.9 Å². The van der Waals surface area contributed by atoms with Crippen LogP contribution in [0.5, 0.6) is 5.75 Å². The van der Waals surface area contributed by atoms with Crippen molar-refractivity contribution in [2.45, 2.75) is 0 Å². The molecule has 0 saturated heterocycles. The molecule has 2 aromatic heterocycles. The number of fused-ring (bicyclic) bond motifs is 1. The van der Waals surface area contributed by atoms with Crippen molar-refractivity contribution >= 4 is 40.3 Å². The molecule has 0 aliphatic rings. The Morgan fingerprint density at radius 2 is 1.50 bits per heavy atom. The molecular formula is C22H14Cl3NO2. The fourth-order valence-corrected chi connectivity index (χ4v) is 4.09. The van der Waals surface area contributed by atoms with Crippen molar-refractivity contribution in [1.29, 1.82) is 0 Å². The molecule has 0 spiro atoms. The van der Waals surface area contributed by atoms with Crippen molar-refractivity contribution in [3.8, 4) is 28.1 Å². The van der Waals surface area contributed by atoms with Gasteiger partial charge in [-0.2, -0.15) is 0 Å². The zero-order chi connectivity index (χ0) is 19.8. The lowest BCUT2D eigenvalue weighted by Crippen LogP contribution is -2.09. The average molecular weight is 431 g/mol. The molecule has 0 saturated carbocycles. The van der Waals surface area contributed by atoms with Crippen LogP contribution in [0.3, 0.4) is 0 Å². The summed E-state index contributed by atoms with van der Waals surface area (Å²) >= 11 is 19.2. The Hall–Kier alpha value is -2.46. The van der Waals surface area contributed by atoms with E-state index >= 15 is 0 Å². The molecule has 4 rings (SSSR count). The Bertz CT molecular complexity index is 1240. The van der Waals surface area contributed by atoms with E-state index in [-0.39, 0.29) is 5.43 Å². The fourth-order valence-electron chi connectivity index (χ4n) is 3.27. The third kappa shape index (κ3) is 3.16. The molecule has 0 radical (unpaired) electrons. The fraction of sp³-hybridized carbons (Fsp3) is 0.0455.